The van der Waals surface area contributed by atoms with E-state index in [-0.39, 0.29) is 4.90 Å². The molecule has 0 bridgehead atoms. The van der Waals surface area contributed by atoms with Gasteiger partial charge in [0.05, 0.1) is 22.2 Å². The number of nitrogens with zero attached hydrogens (tertiary/aromatic N) is 2. The van der Waals surface area contributed by atoms with Crippen LogP contribution in [-0.2, 0) is 10.0 Å². The minimum atomic E-state index is -3.69. The van der Waals surface area contributed by atoms with Crippen molar-refractivity contribution in [3.05, 3.63) is 59.2 Å². The van der Waals surface area contributed by atoms with Gasteiger partial charge in [0.25, 0.3) is 10.0 Å². The number of hydrogen-bond donors (Lipinski definition) is 0. The molecule has 0 spiro atoms. The van der Waals surface area contributed by atoms with Crippen molar-refractivity contribution in [3.8, 4) is 6.07 Å². The van der Waals surface area contributed by atoms with Crippen LogP contribution in [0.1, 0.15) is 16.7 Å². The molecule has 0 saturated carbocycles. The number of hydrogen-bond acceptors (Lipinski definition) is 3. The van der Waals surface area contributed by atoms with E-state index >= 15 is 0 Å². The topological polar surface area (TPSA) is 61.2 Å². The second-order valence-corrected chi connectivity index (χ2v) is 6.84. The molecule has 4 nitrogen and oxygen atoms in total. The highest BCUT2D eigenvalue weighted by atomic mass is 32.2. The van der Waals surface area contributed by atoms with Crippen molar-refractivity contribution in [2.75, 3.05) is 11.4 Å². The summed E-state index contributed by atoms with van der Waals surface area (Å²) in [5, 5.41) is 8.95. The van der Waals surface area contributed by atoms with Crippen molar-refractivity contribution in [2.24, 2.45) is 0 Å². The van der Waals surface area contributed by atoms with Crippen molar-refractivity contribution in [1.29, 1.82) is 5.26 Å². The predicted octanol–water partition coefficient (Wildman–Crippen LogP) is 3.00. The Morgan fingerprint density at radius 3 is 2.43 bits per heavy atom. The first-order valence-corrected chi connectivity index (χ1v) is 7.86. The molecular formula is C16H16N2O2S. The Hall–Kier alpha value is -2.32. The van der Waals surface area contributed by atoms with Crippen LogP contribution in [0.3, 0.4) is 0 Å². The lowest BCUT2D eigenvalue weighted by Crippen LogP contribution is -2.27. The monoisotopic (exact) mass is 300 g/mol. The molecule has 108 valence electrons. The summed E-state index contributed by atoms with van der Waals surface area (Å²) in [6.45, 7) is 3.63. The molecular weight excluding hydrogens is 284 g/mol. The van der Waals surface area contributed by atoms with Crippen LogP contribution >= 0.6 is 0 Å². The fourth-order valence-corrected chi connectivity index (χ4v) is 3.49. The molecule has 0 aliphatic rings. The molecule has 2 aromatic carbocycles. The fourth-order valence-electron chi connectivity index (χ4n) is 2.06. The first kappa shape index (κ1) is 15.1. The van der Waals surface area contributed by atoms with Crippen LogP contribution < -0.4 is 4.31 Å². The van der Waals surface area contributed by atoms with Gasteiger partial charge < -0.3 is 0 Å². The molecule has 0 N–H and O–H groups in total. The van der Waals surface area contributed by atoms with Gasteiger partial charge in [-0.2, -0.15) is 5.26 Å². The maximum atomic E-state index is 12.7. The van der Waals surface area contributed by atoms with Gasteiger partial charge in [0, 0.05) is 7.05 Å². The second-order valence-electron chi connectivity index (χ2n) is 4.90. The summed E-state index contributed by atoms with van der Waals surface area (Å²) in [6.07, 6.45) is 0. The van der Waals surface area contributed by atoms with Crippen molar-refractivity contribution >= 4 is 15.7 Å². The molecule has 0 aromatic heterocycles. The smallest absolute Gasteiger partial charge is 0.264 e. The molecule has 0 saturated heterocycles. The van der Waals surface area contributed by atoms with Crippen LogP contribution in [0.15, 0.2) is 47.4 Å². The minimum absolute atomic E-state index is 0.158. The van der Waals surface area contributed by atoms with Crippen molar-refractivity contribution in [2.45, 2.75) is 18.7 Å². The average molecular weight is 300 g/mol. The molecule has 5 heteroatoms. The summed E-state index contributed by atoms with van der Waals surface area (Å²) in [7, 11) is -2.17. The van der Waals surface area contributed by atoms with Gasteiger partial charge in [-0.1, -0.05) is 18.2 Å². The van der Waals surface area contributed by atoms with Gasteiger partial charge in [0.1, 0.15) is 0 Å². The molecule has 2 rings (SSSR count). The average Bonchev–Trinajstić information content (AvgIpc) is 2.46. The summed E-state index contributed by atoms with van der Waals surface area (Å²) in [5.41, 5.74) is 2.53. The van der Waals surface area contributed by atoms with Crippen LogP contribution in [0, 0.1) is 25.2 Å². The zero-order valence-electron chi connectivity index (χ0n) is 12.2. The van der Waals surface area contributed by atoms with E-state index in [0.717, 1.165) is 5.56 Å². The van der Waals surface area contributed by atoms with E-state index in [1.165, 1.54) is 17.4 Å². The maximum Gasteiger partial charge on any atom is 0.264 e. The van der Waals surface area contributed by atoms with E-state index in [0.29, 0.717) is 16.8 Å². The normalized spacial score (nSPS) is 11.0. The zero-order valence-corrected chi connectivity index (χ0v) is 13.0. The lowest BCUT2D eigenvalue weighted by Gasteiger charge is -2.21. The van der Waals surface area contributed by atoms with Gasteiger partial charge in [-0.3, -0.25) is 4.31 Å². The van der Waals surface area contributed by atoms with E-state index in [4.69, 9.17) is 5.26 Å². The highest BCUT2D eigenvalue weighted by Crippen LogP contribution is 2.25. The Morgan fingerprint density at radius 2 is 1.81 bits per heavy atom. The highest BCUT2D eigenvalue weighted by molar-refractivity contribution is 7.92. The Bertz CT molecular complexity index is 820. The molecule has 0 heterocycles. The number of aryl methyl sites for hydroxylation is 2. The first-order chi connectivity index (χ1) is 9.86. The quantitative estimate of drug-likeness (QED) is 0.875. The Morgan fingerprint density at radius 1 is 1.10 bits per heavy atom. The second kappa shape index (κ2) is 5.58. The van der Waals surface area contributed by atoms with E-state index in [1.807, 2.05) is 25.1 Å². The first-order valence-electron chi connectivity index (χ1n) is 6.42. The number of rotatable bonds is 3. The lowest BCUT2D eigenvalue weighted by atomic mass is 10.2. The maximum absolute atomic E-state index is 12.7. The summed E-state index contributed by atoms with van der Waals surface area (Å²) in [4.78, 5) is 0.158. The molecule has 0 amide bonds. The summed E-state index contributed by atoms with van der Waals surface area (Å²) in [6, 6.07) is 13.9. The molecule has 0 fully saturated rings. The standard InChI is InChI=1S/C16H16N2O2S/c1-12-5-4-6-15(9-12)18(3)21(19,20)16-10-14(11-17)8-7-13(16)2/h4-10H,1-3H3. The van der Waals surface area contributed by atoms with E-state index < -0.39 is 10.0 Å². The largest absolute Gasteiger partial charge is 0.269 e. The number of sulfonamides is 1. The third kappa shape index (κ3) is 2.91. The van der Waals surface area contributed by atoms with Crippen molar-refractivity contribution < 1.29 is 8.42 Å². The summed E-state index contributed by atoms with van der Waals surface area (Å²) in [5.74, 6) is 0. The van der Waals surface area contributed by atoms with E-state index in [2.05, 4.69) is 0 Å². The van der Waals surface area contributed by atoms with Crippen LogP contribution in [0.25, 0.3) is 0 Å². The van der Waals surface area contributed by atoms with Gasteiger partial charge in [0.2, 0.25) is 0 Å². The predicted molar refractivity (Wildman–Crippen MR) is 82.7 cm³/mol. The Labute approximate surface area is 125 Å². The van der Waals surface area contributed by atoms with Crippen LogP contribution in [0.4, 0.5) is 5.69 Å². The summed E-state index contributed by atoms with van der Waals surface area (Å²) >= 11 is 0. The van der Waals surface area contributed by atoms with E-state index in [1.54, 1.807) is 31.2 Å². The van der Waals surface area contributed by atoms with E-state index in [9.17, 15) is 8.42 Å². The summed E-state index contributed by atoms with van der Waals surface area (Å²) < 4.78 is 26.7. The molecule has 21 heavy (non-hydrogen) atoms. The van der Waals surface area contributed by atoms with Gasteiger partial charge in [0.15, 0.2) is 0 Å². The fraction of sp³-hybridized carbons (Fsp3) is 0.188. The molecule has 0 aliphatic carbocycles. The molecule has 0 aliphatic heterocycles. The number of anilines is 1. The molecule has 0 unspecified atom stereocenters. The SMILES string of the molecule is Cc1cccc(N(C)S(=O)(=O)c2cc(C#N)ccc2C)c1. The van der Waals surface area contributed by atoms with Crippen LogP contribution in [-0.4, -0.2) is 15.5 Å². The Balaban J connectivity index is 2.54. The number of nitriles is 1. The zero-order chi connectivity index (χ0) is 15.6. The lowest BCUT2D eigenvalue weighted by molar-refractivity contribution is 0.593. The van der Waals surface area contributed by atoms with Gasteiger partial charge in [-0.15, -0.1) is 0 Å². The van der Waals surface area contributed by atoms with Crippen molar-refractivity contribution in [1.82, 2.24) is 0 Å². The van der Waals surface area contributed by atoms with Gasteiger partial charge in [-0.25, -0.2) is 8.42 Å². The molecule has 2 aromatic rings. The van der Waals surface area contributed by atoms with Gasteiger partial charge in [-0.05, 0) is 49.2 Å². The number of benzene rings is 2. The van der Waals surface area contributed by atoms with Crippen LogP contribution in [0.2, 0.25) is 0 Å². The van der Waals surface area contributed by atoms with Gasteiger partial charge >= 0.3 is 0 Å². The minimum Gasteiger partial charge on any atom is -0.269 e. The molecule has 0 atom stereocenters. The third-order valence-corrected chi connectivity index (χ3v) is 5.25. The Kier molecular flexibility index (Phi) is 4.01. The molecule has 0 radical (unpaired) electrons. The highest BCUT2D eigenvalue weighted by Gasteiger charge is 2.23. The van der Waals surface area contributed by atoms with Crippen LogP contribution in [0.5, 0.6) is 0 Å². The van der Waals surface area contributed by atoms with Crippen molar-refractivity contribution in [3.63, 3.8) is 0 Å². The third-order valence-electron chi connectivity index (χ3n) is 3.32.